The van der Waals surface area contributed by atoms with Gasteiger partial charge in [-0.3, -0.25) is 4.79 Å². The number of pyridine rings is 1. The molecule has 0 atom stereocenters. The number of nitrogen functional groups attached to an aromatic ring is 1. The molecule has 1 amide bonds. The normalized spacial score (nSPS) is 11.1. The molecule has 0 radical (unpaired) electrons. The van der Waals surface area contributed by atoms with Gasteiger partial charge in [-0.05, 0) is 39.9 Å². The molecule has 19 heavy (non-hydrogen) atoms. The van der Waals surface area contributed by atoms with E-state index in [1.165, 1.54) is 0 Å². The first kappa shape index (κ1) is 15.4. The van der Waals surface area contributed by atoms with Crippen molar-refractivity contribution < 1.29 is 9.18 Å². The molecule has 0 aromatic carbocycles. The van der Waals surface area contributed by atoms with Gasteiger partial charge in [0.2, 0.25) is 0 Å². The van der Waals surface area contributed by atoms with Crippen molar-refractivity contribution in [1.82, 2.24) is 15.2 Å². The average Bonchev–Trinajstić information content (AvgIpc) is 2.36. The Bertz CT molecular complexity index is 437. The van der Waals surface area contributed by atoms with Crippen molar-refractivity contribution >= 4 is 11.7 Å². The fourth-order valence-corrected chi connectivity index (χ4v) is 1.52. The Kier molecular flexibility index (Phi) is 5.69. The standard InChI is InChI=1S/C13H21FN4O/c1-9(2)18(3)6-4-5-16-13(19)11-7-10(14)8-17-12(11)15/h7-9H,4-6H2,1-3H3,(H2,15,17)(H,16,19). The zero-order valence-corrected chi connectivity index (χ0v) is 11.6. The third-order valence-corrected chi connectivity index (χ3v) is 2.98. The quantitative estimate of drug-likeness (QED) is 0.762. The second-order valence-electron chi connectivity index (χ2n) is 4.77. The van der Waals surface area contributed by atoms with E-state index >= 15 is 0 Å². The fourth-order valence-electron chi connectivity index (χ4n) is 1.52. The molecular formula is C13H21FN4O. The Balaban J connectivity index is 2.41. The summed E-state index contributed by atoms with van der Waals surface area (Å²) in [6.45, 7) is 5.62. The lowest BCUT2D eigenvalue weighted by atomic mass is 10.2. The van der Waals surface area contributed by atoms with Crippen molar-refractivity contribution in [3.05, 3.63) is 23.6 Å². The van der Waals surface area contributed by atoms with Crippen molar-refractivity contribution in [2.45, 2.75) is 26.3 Å². The first-order valence-electron chi connectivity index (χ1n) is 6.31. The lowest BCUT2D eigenvalue weighted by Gasteiger charge is -2.20. The van der Waals surface area contributed by atoms with Crippen LogP contribution < -0.4 is 11.1 Å². The second kappa shape index (κ2) is 7.04. The predicted octanol–water partition coefficient (Wildman–Crippen LogP) is 1.26. The monoisotopic (exact) mass is 268 g/mol. The molecule has 1 heterocycles. The van der Waals surface area contributed by atoms with Gasteiger partial charge >= 0.3 is 0 Å². The van der Waals surface area contributed by atoms with Gasteiger partial charge in [0.05, 0.1) is 11.8 Å². The first-order chi connectivity index (χ1) is 8.91. The van der Waals surface area contributed by atoms with Crippen LogP contribution in [0.25, 0.3) is 0 Å². The summed E-state index contributed by atoms with van der Waals surface area (Å²) in [6, 6.07) is 1.57. The van der Waals surface area contributed by atoms with Gasteiger partial charge < -0.3 is 16.0 Å². The van der Waals surface area contributed by atoms with Crippen molar-refractivity contribution in [1.29, 1.82) is 0 Å². The van der Waals surface area contributed by atoms with Crippen molar-refractivity contribution in [2.75, 3.05) is 25.9 Å². The molecule has 5 nitrogen and oxygen atoms in total. The third-order valence-electron chi connectivity index (χ3n) is 2.98. The molecule has 0 unspecified atom stereocenters. The summed E-state index contributed by atoms with van der Waals surface area (Å²) in [5.74, 6) is -0.922. The van der Waals surface area contributed by atoms with E-state index in [1.807, 2.05) is 7.05 Å². The van der Waals surface area contributed by atoms with Gasteiger partial charge in [0.25, 0.3) is 5.91 Å². The maximum Gasteiger partial charge on any atom is 0.255 e. The minimum atomic E-state index is -0.570. The van der Waals surface area contributed by atoms with E-state index in [0.29, 0.717) is 12.6 Å². The van der Waals surface area contributed by atoms with E-state index in [-0.39, 0.29) is 11.4 Å². The van der Waals surface area contributed by atoms with Crippen molar-refractivity contribution in [3.8, 4) is 0 Å². The molecule has 0 bridgehead atoms. The molecule has 0 saturated carbocycles. The van der Waals surface area contributed by atoms with Crippen LogP contribution in [0.4, 0.5) is 10.2 Å². The molecule has 0 spiro atoms. The molecule has 106 valence electrons. The van der Waals surface area contributed by atoms with E-state index < -0.39 is 11.7 Å². The zero-order chi connectivity index (χ0) is 14.4. The lowest BCUT2D eigenvalue weighted by molar-refractivity contribution is 0.0951. The summed E-state index contributed by atoms with van der Waals surface area (Å²) < 4.78 is 13.0. The molecule has 0 aliphatic carbocycles. The van der Waals surface area contributed by atoms with E-state index in [0.717, 1.165) is 25.2 Å². The number of hydrogen-bond donors (Lipinski definition) is 2. The number of hydrogen-bond acceptors (Lipinski definition) is 4. The Morgan fingerprint density at radius 1 is 1.58 bits per heavy atom. The number of halogens is 1. The maximum atomic E-state index is 13.0. The SMILES string of the molecule is CC(C)N(C)CCCNC(=O)c1cc(F)cnc1N. The summed E-state index contributed by atoms with van der Waals surface area (Å²) in [5.41, 5.74) is 5.62. The van der Waals surface area contributed by atoms with E-state index in [9.17, 15) is 9.18 Å². The van der Waals surface area contributed by atoms with Crippen LogP contribution in [0, 0.1) is 5.82 Å². The van der Waals surface area contributed by atoms with Crippen LogP contribution in [-0.4, -0.2) is 42.0 Å². The highest BCUT2D eigenvalue weighted by atomic mass is 19.1. The molecular weight excluding hydrogens is 247 g/mol. The number of nitrogens with zero attached hydrogens (tertiary/aromatic N) is 2. The van der Waals surface area contributed by atoms with Crippen molar-refractivity contribution in [3.63, 3.8) is 0 Å². The molecule has 0 aliphatic rings. The smallest absolute Gasteiger partial charge is 0.255 e. The predicted molar refractivity (Wildman–Crippen MR) is 73.3 cm³/mol. The van der Waals surface area contributed by atoms with Crippen LogP contribution >= 0.6 is 0 Å². The number of carbonyl (C=O) groups excluding carboxylic acids is 1. The van der Waals surface area contributed by atoms with Gasteiger partial charge in [0.15, 0.2) is 0 Å². The second-order valence-corrected chi connectivity index (χ2v) is 4.77. The fraction of sp³-hybridized carbons (Fsp3) is 0.538. The van der Waals surface area contributed by atoms with Crippen molar-refractivity contribution in [2.24, 2.45) is 0 Å². The van der Waals surface area contributed by atoms with Gasteiger partial charge in [-0.15, -0.1) is 0 Å². The van der Waals surface area contributed by atoms with Crippen LogP contribution in [0.3, 0.4) is 0 Å². The summed E-state index contributed by atoms with van der Waals surface area (Å²) in [6.07, 6.45) is 1.81. The molecule has 3 N–H and O–H groups in total. The highest BCUT2D eigenvalue weighted by Crippen LogP contribution is 2.09. The zero-order valence-electron chi connectivity index (χ0n) is 11.6. The summed E-state index contributed by atoms with van der Waals surface area (Å²) in [4.78, 5) is 17.6. The number of carbonyl (C=O) groups is 1. The largest absolute Gasteiger partial charge is 0.383 e. The number of rotatable bonds is 6. The number of nitrogens with one attached hydrogen (secondary N) is 1. The van der Waals surface area contributed by atoms with Gasteiger partial charge in [-0.25, -0.2) is 9.37 Å². The Labute approximate surface area is 113 Å². The molecule has 0 saturated heterocycles. The lowest BCUT2D eigenvalue weighted by Crippen LogP contribution is -2.31. The molecule has 0 fully saturated rings. The Morgan fingerprint density at radius 3 is 2.89 bits per heavy atom. The van der Waals surface area contributed by atoms with Crippen LogP contribution in [-0.2, 0) is 0 Å². The van der Waals surface area contributed by atoms with E-state index in [4.69, 9.17) is 5.73 Å². The van der Waals surface area contributed by atoms with Gasteiger partial charge in [-0.2, -0.15) is 0 Å². The van der Waals surface area contributed by atoms with Crippen LogP contribution in [0.15, 0.2) is 12.3 Å². The minimum Gasteiger partial charge on any atom is -0.383 e. The van der Waals surface area contributed by atoms with Crippen LogP contribution in [0.2, 0.25) is 0 Å². The Hall–Kier alpha value is -1.69. The van der Waals surface area contributed by atoms with Crippen LogP contribution in [0.5, 0.6) is 0 Å². The molecule has 6 heteroatoms. The summed E-state index contributed by atoms with van der Waals surface area (Å²) in [5, 5.41) is 2.71. The molecule has 1 rings (SSSR count). The Morgan fingerprint density at radius 2 is 2.26 bits per heavy atom. The highest BCUT2D eigenvalue weighted by Gasteiger charge is 2.11. The summed E-state index contributed by atoms with van der Waals surface area (Å²) >= 11 is 0. The molecule has 0 aliphatic heterocycles. The average molecular weight is 268 g/mol. The summed E-state index contributed by atoms with van der Waals surface area (Å²) in [7, 11) is 2.03. The maximum absolute atomic E-state index is 13.0. The topological polar surface area (TPSA) is 71.2 Å². The number of nitrogens with two attached hydrogens (primary N) is 1. The number of amides is 1. The molecule has 1 aromatic rings. The third kappa shape index (κ3) is 4.82. The first-order valence-corrected chi connectivity index (χ1v) is 6.31. The van der Waals surface area contributed by atoms with Gasteiger partial charge in [0.1, 0.15) is 11.6 Å². The van der Waals surface area contributed by atoms with E-state index in [2.05, 4.69) is 29.0 Å². The highest BCUT2D eigenvalue weighted by molar-refractivity contribution is 5.98. The van der Waals surface area contributed by atoms with Gasteiger partial charge in [-0.1, -0.05) is 0 Å². The van der Waals surface area contributed by atoms with E-state index in [1.54, 1.807) is 0 Å². The minimum absolute atomic E-state index is 0.0400. The molecule has 1 aromatic heterocycles. The number of aromatic nitrogens is 1. The van der Waals surface area contributed by atoms with Gasteiger partial charge in [0, 0.05) is 12.6 Å². The van der Waals surface area contributed by atoms with Crippen LogP contribution in [0.1, 0.15) is 30.6 Å². The number of anilines is 1.